The van der Waals surface area contributed by atoms with Crippen LogP contribution in [0.3, 0.4) is 0 Å². The number of anilines is 1. The van der Waals surface area contributed by atoms with Crippen LogP contribution in [0.2, 0.25) is 5.02 Å². The van der Waals surface area contributed by atoms with Crippen molar-refractivity contribution in [3.05, 3.63) is 34.1 Å². The molecule has 0 aromatic carbocycles. The summed E-state index contributed by atoms with van der Waals surface area (Å²) in [5, 5.41) is 6.04. The molecule has 0 aliphatic carbocycles. The van der Waals surface area contributed by atoms with Crippen molar-refractivity contribution in [2.75, 3.05) is 12.4 Å². The SMILES string of the molecule is CCc1csc(NC(=O)N(C)Cc2cc(Cl)cn2C)n1. The Morgan fingerprint density at radius 1 is 1.60 bits per heavy atom. The van der Waals surface area contributed by atoms with E-state index in [1.54, 1.807) is 11.9 Å². The van der Waals surface area contributed by atoms with Gasteiger partial charge in [-0.25, -0.2) is 9.78 Å². The number of rotatable bonds is 4. The second-order valence-corrected chi connectivity index (χ2v) is 5.84. The Kier molecular flexibility index (Phi) is 4.67. The predicted octanol–water partition coefficient (Wildman–Crippen LogP) is 3.36. The van der Waals surface area contributed by atoms with Crippen LogP contribution in [0.15, 0.2) is 17.6 Å². The van der Waals surface area contributed by atoms with Gasteiger partial charge in [-0.2, -0.15) is 0 Å². The van der Waals surface area contributed by atoms with Crippen molar-refractivity contribution in [2.45, 2.75) is 19.9 Å². The van der Waals surface area contributed by atoms with Crippen LogP contribution in [-0.4, -0.2) is 27.5 Å². The maximum absolute atomic E-state index is 12.1. The molecule has 0 saturated heterocycles. The van der Waals surface area contributed by atoms with E-state index >= 15 is 0 Å². The molecular formula is C13H17ClN4OS. The van der Waals surface area contributed by atoms with Crippen LogP contribution in [0.1, 0.15) is 18.3 Å². The predicted molar refractivity (Wildman–Crippen MR) is 82.4 cm³/mol. The molecule has 2 heterocycles. The van der Waals surface area contributed by atoms with Gasteiger partial charge < -0.3 is 9.47 Å². The van der Waals surface area contributed by atoms with Gasteiger partial charge in [-0.1, -0.05) is 18.5 Å². The molecule has 0 unspecified atom stereocenters. The third kappa shape index (κ3) is 3.52. The Morgan fingerprint density at radius 3 is 2.90 bits per heavy atom. The molecule has 0 saturated carbocycles. The topological polar surface area (TPSA) is 50.2 Å². The summed E-state index contributed by atoms with van der Waals surface area (Å²) in [6.07, 6.45) is 2.68. The number of thiazole rings is 1. The maximum atomic E-state index is 12.1. The minimum absolute atomic E-state index is 0.181. The van der Waals surface area contributed by atoms with Crippen LogP contribution in [0, 0.1) is 0 Å². The van der Waals surface area contributed by atoms with Gasteiger partial charge in [0.1, 0.15) is 0 Å². The van der Waals surface area contributed by atoms with E-state index in [0.717, 1.165) is 17.8 Å². The van der Waals surface area contributed by atoms with E-state index in [-0.39, 0.29) is 6.03 Å². The van der Waals surface area contributed by atoms with E-state index in [1.807, 2.05) is 36.2 Å². The number of nitrogens with one attached hydrogen (secondary N) is 1. The third-order valence-corrected chi connectivity index (χ3v) is 3.96. The molecule has 2 amide bonds. The molecule has 0 bridgehead atoms. The van der Waals surface area contributed by atoms with Gasteiger partial charge in [-0.3, -0.25) is 5.32 Å². The number of urea groups is 1. The molecule has 2 aromatic heterocycles. The summed E-state index contributed by atoms with van der Waals surface area (Å²) in [5.74, 6) is 0. The molecule has 0 fully saturated rings. The summed E-state index contributed by atoms with van der Waals surface area (Å²) in [7, 11) is 3.64. The van der Waals surface area contributed by atoms with E-state index in [9.17, 15) is 4.79 Å². The zero-order valence-electron chi connectivity index (χ0n) is 11.7. The fourth-order valence-electron chi connectivity index (χ4n) is 1.75. The van der Waals surface area contributed by atoms with Gasteiger partial charge in [-0.05, 0) is 12.5 Å². The average molecular weight is 313 g/mol. The first-order chi connectivity index (χ1) is 9.49. The number of carbonyl (C=O) groups is 1. The molecule has 2 rings (SSSR count). The molecule has 2 aromatic rings. The summed E-state index contributed by atoms with van der Waals surface area (Å²) in [6.45, 7) is 2.52. The Morgan fingerprint density at radius 2 is 2.35 bits per heavy atom. The molecular weight excluding hydrogens is 296 g/mol. The van der Waals surface area contributed by atoms with Gasteiger partial charge in [0.05, 0.1) is 17.3 Å². The highest BCUT2D eigenvalue weighted by molar-refractivity contribution is 7.13. The average Bonchev–Trinajstić information content (AvgIpc) is 2.96. The molecule has 1 N–H and O–H groups in total. The molecule has 0 aliphatic heterocycles. The lowest BCUT2D eigenvalue weighted by Gasteiger charge is -2.17. The molecule has 0 atom stereocenters. The largest absolute Gasteiger partial charge is 0.351 e. The third-order valence-electron chi connectivity index (χ3n) is 2.95. The minimum atomic E-state index is -0.181. The standard InChI is InChI=1S/C13H17ClN4OS/c1-4-10-8-20-12(15-10)16-13(19)18(3)7-11-5-9(14)6-17(11)2/h5-6,8H,4,7H2,1-3H3,(H,15,16,19). The highest BCUT2D eigenvalue weighted by atomic mass is 35.5. The van der Waals surface area contributed by atoms with Crippen LogP contribution in [0.5, 0.6) is 0 Å². The normalized spacial score (nSPS) is 10.6. The molecule has 5 nitrogen and oxygen atoms in total. The smallest absolute Gasteiger partial charge is 0.323 e. The number of carbonyl (C=O) groups excluding carboxylic acids is 1. The summed E-state index contributed by atoms with van der Waals surface area (Å²) in [6, 6.07) is 1.67. The molecule has 0 spiro atoms. The lowest BCUT2D eigenvalue weighted by molar-refractivity contribution is 0.220. The van der Waals surface area contributed by atoms with Gasteiger partial charge in [0, 0.05) is 31.4 Å². The monoisotopic (exact) mass is 312 g/mol. The number of aryl methyl sites for hydroxylation is 2. The Bertz CT molecular complexity index is 607. The molecule has 108 valence electrons. The van der Waals surface area contributed by atoms with E-state index in [0.29, 0.717) is 16.7 Å². The lowest BCUT2D eigenvalue weighted by Crippen LogP contribution is -2.31. The summed E-state index contributed by atoms with van der Waals surface area (Å²) < 4.78 is 1.91. The van der Waals surface area contributed by atoms with E-state index < -0.39 is 0 Å². The first-order valence-corrected chi connectivity index (χ1v) is 7.52. The Hall–Kier alpha value is -1.53. The van der Waals surface area contributed by atoms with Gasteiger partial charge >= 0.3 is 6.03 Å². The van der Waals surface area contributed by atoms with Gasteiger partial charge in [0.2, 0.25) is 0 Å². The first-order valence-electron chi connectivity index (χ1n) is 6.27. The summed E-state index contributed by atoms with van der Waals surface area (Å²) in [5.41, 5.74) is 1.96. The highest BCUT2D eigenvalue weighted by Crippen LogP contribution is 2.17. The van der Waals surface area contributed by atoms with Crippen LogP contribution < -0.4 is 5.32 Å². The van der Waals surface area contributed by atoms with Crippen molar-refractivity contribution in [3.63, 3.8) is 0 Å². The summed E-state index contributed by atoms with van der Waals surface area (Å²) in [4.78, 5) is 18.0. The number of halogens is 1. The number of amides is 2. The molecule has 7 heteroatoms. The molecule has 0 aliphatic rings. The Labute approximate surface area is 127 Å². The second-order valence-electron chi connectivity index (χ2n) is 4.54. The van der Waals surface area contributed by atoms with Crippen LogP contribution in [-0.2, 0) is 20.0 Å². The molecule has 0 radical (unpaired) electrons. The quantitative estimate of drug-likeness (QED) is 0.941. The van der Waals surface area contributed by atoms with E-state index in [4.69, 9.17) is 11.6 Å². The Balaban J connectivity index is 1.96. The zero-order chi connectivity index (χ0) is 14.7. The summed E-state index contributed by atoms with van der Waals surface area (Å²) >= 11 is 7.37. The van der Waals surface area contributed by atoms with Crippen LogP contribution in [0.4, 0.5) is 9.93 Å². The minimum Gasteiger partial charge on any atom is -0.351 e. The zero-order valence-corrected chi connectivity index (χ0v) is 13.3. The van der Waals surface area contributed by atoms with Crippen molar-refractivity contribution in [1.82, 2.24) is 14.5 Å². The van der Waals surface area contributed by atoms with E-state index in [1.165, 1.54) is 11.3 Å². The fraction of sp³-hybridized carbons (Fsp3) is 0.385. The van der Waals surface area contributed by atoms with Crippen LogP contribution in [0.25, 0.3) is 0 Å². The van der Waals surface area contributed by atoms with Crippen molar-refractivity contribution < 1.29 is 4.79 Å². The van der Waals surface area contributed by atoms with Crippen LogP contribution >= 0.6 is 22.9 Å². The number of aromatic nitrogens is 2. The maximum Gasteiger partial charge on any atom is 0.323 e. The van der Waals surface area contributed by atoms with Crippen molar-refractivity contribution in [3.8, 4) is 0 Å². The van der Waals surface area contributed by atoms with E-state index in [2.05, 4.69) is 10.3 Å². The first kappa shape index (κ1) is 14.9. The van der Waals surface area contributed by atoms with Crippen molar-refractivity contribution in [1.29, 1.82) is 0 Å². The van der Waals surface area contributed by atoms with Gasteiger partial charge in [0.15, 0.2) is 5.13 Å². The van der Waals surface area contributed by atoms with Crippen molar-refractivity contribution in [2.24, 2.45) is 7.05 Å². The van der Waals surface area contributed by atoms with Crippen molar-refractivity contribution >= 4 is 34.1 Å². The lowest BCUT2D eigenvalue weighted by atomic mass is 10.4. The molecule has 20 heavy (non-hydrogen) atoms. The second kappa shape index (κ2) is 6.28. The fourth-order valence-corrected chi connectivity index (χ4v) is 2.81. The number of nitrogens with zero attached hydrogens (tertiary/aromatic N) is 3. The highest BCUT2D eigenvalue weighted by Gasteiger charge is 2.13. The van der Waals surface area contributed by atoms with Gasteiger partial charge in [0.25, 0.3) is 0 Å². The van der Waals surface area contributed by atoms with Gasteiger partial charge in [-0.15, -0.1) is 11.3 Å². The number of hydrogen-bond donors (Lipinski definition) is 1. The number of hydrogen-bond acceptors (Lipinski definition) is 3.